The van der Waals surface area contributed by atoms with Crippen LogP contribution < -0.4 is 0 Å². The average Bonchev–Trinajstić information content (AvgIpc) is 3.85. The molecule has 8 aromatic carbocycles. The first-order chi connectivity index (χ1) is 25.3. The summed E-state index contributed by atoms with van der Waals surface area (Å²) in [6, 6.07) is 66.3. The Hall–Kier alpha value is -6.64. The summed E-state index contributed by atoms with van der Waals surface area (Å²) in [5.41, 5.74) is 17.0. The Morgan fingerprint density at radius 2 is 1.02 bits per heavy atom. The molecule has 0 saturated heterocycles. The van der Waals surface area contributed by atoms with Gasteiger partial charge in [0.2, 0.25) is 0 Å². The molecule has 0 bridgehead atoms. The predicted molar refractivity (Wildman–Crippen MR) is 212 cm³/mol. The third kappa shape index (κ3) is 4.30. The molecule has 0 saturated carbocycles. The van der Waals surface area contributed by atoms with Crippen molar-refractivity contribution in [1.29, 1.82) is 0 Å². The molecule has 0 N–H and O–H groups in total. The second-order valence-electron chi connectivity index (χ2n) is 13.7. The molecule has 51 heavy (non-hydrogen) atoms. The van der Waals surface area contributed by atoms with Crippen molar-refractivity contribution in [2.45, 2.75) is 5.92 Å². The predicted octanol–water partition coefficient (Wildman–Crippen LogP) is 13.2. The van der Waals surface area contributed by atoms with Crippen LogP contribution in [0.3, 0.4) is 0 Å². The lowest BCUT2D eigenvalue weighted by Gasteiger charge is -2.16. The number of para-hydroxylation sites is 3. The van der Waals surface area contributed by atoms with Crippen LogP contribution in [0.2, 0.25) is 0 Å². The lowest BCUT2D eigenvalue weighted by atomic mass is 9.87. The average molecular weight is 650 g/mol. The highest BCUT2D eigenvalue weighted by molar-refractivity contribution is 6.10. The van der Waals surface area contributed by atoms with E-state index in [4.69, 9.17) is 4.42 Å². The van der Waals surface area contributed by atoms with Gasteiger partial charge in [0.1, 0.15) is 11.2 Å². The van der Waals surface area contributed by atoms with Crippen LogP contribution in [0, 0.1) is 0 Å². The van der Waals surface area contributed by atoms with Crippen molar-refractivity contribution in [2.24, 2.45) is 0 Å². The fourth-order valence-corrected chi connectivity index (χ4v) is 8.55. The van der Waals surface area contributed by atoms with Gasteiger partial charge in [-0.15, -0.1) is 0 Å². The summed E-state index contributed by atoms with van der Waals surface area (Å²) in [5, 5.41) is 4.84. The van der Waals surface area contributed by atoms with Crippen molar-refractivity contribution < 1.29 is 4.42 Å². The molecule has 10 aromatic rings. The van der Waals surface area contributed by atoms with Gasteiger partial charge in [0.05, 0.1) is 11.0 Å². The quantitative estimate of drug-likeness (QED) is 0.186. The van der Waals surface area contributed by atoms with Crippen molar-refractivity contribution in [2.75, 3.05) is 0 Å². The second kappa shape index (κ2) is 10.9. The zero-order chi connectivity index (χ0) is 33.5. The van der Waals surface area contributed by atoms with Crippen LogP contribution in [0.5, 0.6) is 0 Å². The largest absolute Gasteiger partial charge is 0.456 e. The molecule has 0 amide bonds. The highest BCUT2D eigenvalue weighted by Crippen LogP contribution is 2.50. The molecule has 0 radical (unpaired) electrons. The highest BCUT2D eigenvalue weighted by atomic mass is 16.3. The first-order valence-electron chi connectivity index (χ1n) is 17.6. The number of nitrogens with zero attached hydrogens (tertiary/aromatic N) is 1. The Morgan fingerprint density at radius 1 is 0.373 bits per heavy atom. The standard InChI is InChI=1S/C49H31NO/c1-2-13-36(14-3-1)50-45-19-8-6-16-38(45)43-29-33(22-25-46(43)50)31-11-10-12-35(27-31)49-40-18-5-4-15-37(40)42-28-32(21-24-41(42)49)34-23-26-48-44(30-34)39-17-7-9-20-47(39)51-48/h1-30,49H. The fraction of sp³-hybridized carbons (Fsp3) is 0.0204. The van der Waals surface area contributed by atoms with Crippen LogP contribution >= 0.6 is 0 Å². The topological polar surface area (TPSA) is 18.1 Å². The normalized spacial score (nSPS) is 13.7. The van der Waals surface area contributed by atoms with Crippen molar-refractivity contribution in [3.05, 3.63) is 199 Å². The van der Waals surface area contributed by atoms with Crippen LogP contribution in [0.15, 0.2) is 186 Å². The number of fused-ring (bicyclic) bond motifs is 9. The van der Waals surface area contributed by atoms with E-state index in [2.05, 4.69) is 174 Å². The zero-order valence-corrected chi connectivity index (χ0v) is 27.8. The lowest BCUT2D eigenvalue weighted by molar-refractivity contribution is 0.669. The van der Waals surface area contributed by atoms with Crippen molar-refractivity contribution in [3.8, 4) is 39.1 Å². The summed E-state index contributed by atoms with van der Waals surface area (Å²) in [7, 11) is 0. The van der Waals surface area contributed by atoms with E-state index in [1.165, 1.54) is 77.6 Å². The summed E-state index contributed by atoms with van der Waals surface area (Å²) < 4.78 is 8.50. The first kappa shape index (κ1) is 28.2. The number of rotatable bonds is 4. The molecule has 238 valence electrons. The smallest absolute Gasteiger partial charge is 0.135 e. The van der Waals surface area contributed by atoms with Crippen molar-refractivity contribution >= 4 is 43.7 Å². The molecule has 2 nitrogen and oxygen atoms in total. The van der Waals surface area contributed by atoms with Crippen LogP contribution in [0.1, 0.15) is 22.6 Å². The highest BCUT2D eigenvalue weighted by Gasteiger charge is 2.30. The van der Waals surface area contributed by atoms with E-state index in [0.29, 0.717) is 0 Å². The van der Waals surface area contributed by atoms with Gasteiger partial charge in [-0.2, -0.15) is 0 Å². The fourth-order valence-electron chi connectivity index (χ4n) is 8.55. The SMILES string of the molecule is c1ccc(-n2c3ccccc3c3cc(-c4cccc(C5c6ccccc6-c6cc(-c7ccc8oc9ccccc9c8c7)ccc65)c4)ccc32)cc1. The summed E-state index contributed by atoms with van der Waals surface area (Å²) in [4.78, 5) is 0. The van der Waals surface area contributed by atoms with Gasteiger partial charge in [-0.3, -0.25) is 0 Å². The second-order valence-corrected chi connectivity index (χ2v) is 13.7. The molecule has 0 spiro atoms. The van der Waals surface area contributed by atoms with E-state index in [9.17, 15) is 0 Å². The maximum absolute atomic E-state index is 6.13. The molecule has 2 heterocycles. The van der Waals surface area contributed by atoms with Gasteiger partial charge in [0.15, 0.2) is 0 Å². The molecule has 0 fully saturated rings. The Labute approximate surface area is 295 Å². The van der Waals surface area contributed by atoms with E-state index >= 15 is 0 Å². The monoisotopic (exact) mass is 649 g/mol. The molecule has 1 aliphatic carbocycles. The summed E-state index contributed by atoms with van der Waals surface area (Å²) >= 11 is 0. The molecule has 1 aliphatic rings. The Kier molecular flexibility index (Phi) is 6.05. The number of benzene rings is 8. The molecular formula is C49H31NO. The molecule has 2 heteroatoms. The molecule has 0 aliphatic heterocycles. The summed E-state index contributed by atoms with van der Waals surface area (Å²) in [6.45, 7) is 0. The van der Waals surface area contributed by atoms with E-state index < -0.39 is 0 Å². The van der Waals surface area contributed by atoms with E-state index in [1.807, 2.05) is 12.1 Å². The van der Waals surface area contributed by atoms with E-state index in [1.54, 1.807) is 0 Å². The van der Waals surface area contributed by atoms with Crippen LogP contribution in [-0.2, 0) is 0 Å². The molecule has 1 unspecified atom stereocenters. The third-order valence-corrected chi connectivity index (χ3v) is 10.9. The lowest BCUT2D eigenvalue weighted by Crippen LogP contribution is -1.99. The molecular weight excluding hydrogens is 619 g/mol. The minimum absolute atomic E-state index is 0.161. The Bertz CT molecular complexity index is 2980. The minimum Gasteiger partial charge on any atom is -0.456 e. The number of furan rings is 1. The summed E-state index contributed by atoms with van der Waals surface area (Å²) in [6.07, 6.45) is 0. The van der Waals surface area contributed by atoms with Crippen LogP contribution in [0.4, 0.5) is 0 Å². The van der Waals surface area contributed by atoms with Gasteiger partial charge in [-0.05, 0) is 105 Å². The Morgan fingerprint density at radius 3 is 1.94 bits per heavy atom. The van der Waals surface area contributed by atoms with E-state index in [0.717, 1.165) is 21.9 Å². The number of hydrogen-bond donors (Lipinski definition) is 0. The summed E-state index contributed by atoms with van der Waals surface area (Å²) in [5.74, 6) is 0.161. The van der Waals surface area contributed by atoms with Gasteiger partial charge >= 0.3 is 0 Å². The molecule has 1 atom stereocenters. The maximum atomic E-state index is 6.13. The van der Waals surface area contributed by atoms with Gasteiger partial charge in [0, 0.05) is 33.2 Å². The van der Waals surface area contributed by atoms with Crippen molar-refractivity contribution in [1.82, 2.24) is 4.57 Å². The third-order valence-electron chi connectivity index (χ3n) is 10.9. The first-order valence-corrected chi connectivity index (χ1v) is 17.6. The van der Waals surface area contributed by atoms with Gasteiger partial charge in [0.25, 0.3) is 0 Å². The van der Waals surface area contributed by atoms with Gasteiger partial charge < -0.3 is 8.98 Å². The van der Waals surface area contributed by atoms with Gasteiger partial charge in [-0.1, -0.05) is 127 Å². The number of hydrogen-bond acceptors (Lipinski definition) is 1. The van der Waals surface area contributed by atoms with Gasteiger partial charge in [-0.25, -0.2) is 0 Å². The maximum Gasteiger partial charge on any atom is 0.135 e. The van der Waals surface area contributed by atoms with Crippen LogP contribution in [0.25, 0.3) is 82.8 Å². The molecule has 11 rings (SSSR count). The Balaban J connectivity index is 1.02. The zero-order valence-electron chi connectivity index (χ0n) is 27.8. The van der Waals surface area contributed by atoms with E-state index in [-0.39, 0.29) is 5.92 Å². The van der Waals surface area contributed by atoms with Crippen LogP contribution in [-0.4, -0.2) is 4.57 Å². The number of aromatic nitrogens is 1. The van der Waals surface area contributed by atoms with Crippen molar-refractivity contribution in [3.63, 3.8) is 0 Å². The molecule has 2 aromatic heterocycles. The minimum atomic E-state index is 0.161.